The second kappa shape index (κ2) is 48.3. The van der Waals surface area contributed by atoms with Gasteiger partial charge in [0.05, 0.1) is 0 Å². The molecule has 59 heavy (non-hydrogen) atoms. The fraction of sp³-hybridized carbons (Fsp3) is 0.830. The molecule has 0 radical (unpaired) electrons. The van der Waals surface area contributed by atoms with E-state index in [4.69, 9.17) is 14.2 Å². The molecule has 0 aromatic heterocycles. The summed E-state index contributed by atoms with van der Waals surface area (Å²) >= 11 is 0. The van der Waals surface area contributed by atoms with Gasteiger partial charge in [-0.2, -0.15) is 0 Å². The summed E-state index contributed by atoms with van der Waals surface area (Å²) in [5.41, 5.74) is 0. The van der Waals surface area contributed by atoms with Crippen molar-refractivity contribution in [2.75, 3.05) is 13.2 Å². The zero-order chi connectivity index (χ0) is 43.0. The predicted octanol–water partition coefficient (Wildman–Crippen LogP) is 16.5. The smallest absolute Gasteiger partial charge is 0.306 e. The molecule has 0 spiro atoms. The van der Waals surface area contributed by atoms with Crippen molar-refractivity contribution in [3.05, 3.63) is 36.5 Å². The summed E-state index contributed by atoms with van der Waals surface area (Å²) in [6.45, 7) is 6.55. The van der Waals surface area contributed by atoms with Gasteiger partial charge in [0.2, 0.25) is 0 Å². The molecule has 0 amide bonds. The number of hydrogen-bond acceptors (Lipinski definition) is 6. The molecule has 0 aromatic rings. The SMILES string of the molecule is CCCCCCC/C=C\C/C=C\C/C=C\CCCCCCCCC(=O)OCC(COC(=O)CCCCCCC)OC(=O)CCCCCCCCCCCCCCCCC. The molecule has 0 N–H and O–H groups in total. The maximum atomic E-state index is 12.7. The largest absolute Gasteiger partial charge is 0.462 e. The van der Waals surface area contributed by atoms with Gasteiger partial charge in [0.25, 0.3) is 0 Å². The number of esters is 3. The van der Waals surface area contributed by atoms with E-state index in [9.17, 15) is 14.4 Å². The monoisotopic (exact) mass is 829 g/mol. The van der Waals surface area contributed by atoms with Gasteiger partial charge in [-0.25, -0.2) is 0 Å². The van der Waals surface area contributed by atoms with Crippen LogP contribution >= 0.6 is 0 Å². The number of hydrogen-bond donors (Lipinski definition) is 0. The Bertz CT molecular complexity index is 1000. The second-order valence-electron chi connectivity index (χ2n) is 17.1. The minimum Gasteiger partial charge on any atom is -0.462 e. The van der Waals surface area contributed by atoms with Crippen molar-refractivity contribution in [1.29, 1.82) is 0 Å². The van der Waals surface area contributed by atoms with Crippen LogP contribution in [0.25, 0.3) is 0 Å². The number of rotatable bonds is 46. The Labute approximate surface area is 365 Å². The zero-order valence-electron chi connectivity index (χ0n) is 39.3. The summed E-state index contributed by atoms with van der Waals surface area (Å²) in [5.74, 6) is -0.892. The quantitative estimate of drug-likeness (QED) is 0.0263. The van der Waals surface area contributed by atoms with E-state index in [2.05, 4.69) is 57.2 Å². The highest BCUT2D eigenvalue weighted by Crippen LogP contribution is 2.15. The number of unbranched alkanes of at least 4 members (excludes halogenated alkanes) is 29. The highest BCUT2D eigenvalue weighted by atomic mass is 16.6. The van der Waals surface area contributed by atoms with E-state index in [1.54, 1.807) is 0 Å². The summed E-state index contributed by atoms with van der Waals surface area (Å²) in [6.07, 6.45) is 55.9. The average Bonchev–Trinajstić information content (AvgIpc) is 3.23. The first-order valence-corrected chi connectivity index (χ1v) is 25.5. The fourth-order valence-corrected chi connectivity index (χ4v) is 7.27. The lowest BCUT2D eigenvalue weighted by atomic mass is 10.0. The molecule has 0 fully saturated rings. The normalized spacial score (nSPS) is 12.3. The first kappa shape index (κ1) is 56.6. The molecule has 6 nitrogen and oxygen atoms in total. The molecule has 0 aliphatic heterocycles. The van der Waals surface area contributed by atoms with Crippen molar-refractivity contribution in [1.82, 2.24) is 0 Å². The lowest BCUT2D eigenvalue weighted by Crippen LogP contribution is -2.30. The second-order valence-corrected chi connectivity index (χ2v) is 17.1. The van der Waals surface area contributed by atoms with Gasteiger partial charge in [-0.3, -0.25) is 14.4 Å². The third-order valence-electron chi connectivity index (χ3n) is 11.1. The van der Waals surface area contributed by atoms with Crippen LogP contribution < -0.4 is 0 Å². The molecule has 0 rings (SSSR count). The van der Waals surface area contributed by atoms with Crippen LogP contribution in [0.2, 0.25) is 0 Å². The lowest BCUT2D eigenvalue weighted by molar-refractivity contribution is -0.167. The van der Waals surface area contributed by atoms with Crippen LogP contribution in [0.1, 0.15) is 265 Å². The molecule has 0 aliphatic carbocycles. The first-order valence-electron chi connectivity index (χ1n) is 25.5. The van der Waals surface area contributed by atoms with Gasteiger partial charge in [0.1, 0.15) is 13.2 Å². The minimum atomic E-state index is -0.770. The van der Waals surface area contributed by atoms with Crippen molar-refractivity contribution in [2.45, 2.75) is 271 Å². The van der Waals surface area contributed by atoms with E-state index in [-0.39, 0.29) is 31.1 Å². The predicted molar refractivity (Wildman–Crippen MR) is 252 cm³/mol. The summed E-state index contributed by atoms with van der Waals surface area (Å²) < 4.78 is 16.7. The molecule has 0 heterocycles. The Morgan fingerprint density at radius 1 is 0.339 bits per heavy atom. The van der Waals surface area contributed by atoms with Crippen LogP contribution in [0.3, 0.4) is 0 Å². The van der Waals surface area contributed by atoms with Gasteiger partial charge < -0.3 is 14.2 Å². The van der Waals surface area contributed by atoms with Gasteiger partial charge in [0, 0.05) is 19.3 Å². The van der Waals surface area contributed by atoms with Crippen LogP contribution in [0.15, 0.2) is 36.5 Å². The molecule has 0 aromatic carbocycles. The third-order valence-corrected chi connectivity index (χ3v) is 11.1. The third kappa shape index (κ3) is 46.5. The van der Waals surface area contributed by atoms with Crippen molar-refractivity contribution < 1.29 is 28.6 Å². The Hall–Kier alpha value is -2.37. The molecule has 344 valence electrons. The number of allylic oxidation sites excluding steroid dienone is 6. The molecule has 0 bridgehead atoms. The van der Waals surface area contributed by atoms with E-state index in [1.807, 2.05) is 0 Å². The molecular formula is C53H96O6. The Morgan fingerprint density at radius 2 is 0.610 bits per heavy atom. The standard InChI is InChI=1S/C53H96O6/c1-4-7-10-13-15-17-19-21-23-24-25-26-27-28-30-31-33-35-37-40-43-46-52(55)58-49-50(48-57-51(54)45-42-39-12-9-6-3)59-53(56)47-44-41-38-36-34-32-29-22-20-18-16-14-11-8-5-2/h19,21,24-25,27-28,50H,4-18,20,22-23,26,29-49H2,1-3H3/b21-19-,25-24-,28-27-. The van der Waals surface area contributed by atoms with Crippen LogP contribution in [-0.2, 0) is 28.6 Å². The summed E-state index contributed by atoms with van der Waals surface area (Å²) in [7, 11) is 0. The van der Waals surface area contributed by atoms with Crippen molar-refractivity contribution in [3.8, 4) is 0 Å². The zero-order valence-corrected chi connectivity index (χ0v) is 39.3. The van der Waals surface area contributed by atoms with E-state index in [0.29, 0.717) is 19.3 Å². The van der Waals surface area contributed by atoms with Crippen molar-refractivity contribution in [2.24, 2.45) is 0 Å². The first-order chi connectivity index (χ1) is 29.0. The molecule has 0 saturated carbocycles. The van der Waals surface area contributed by atoms with Crippen LogP contribution in [0.4, 0.5) is 0 Å². The summed E-state index contributed by atoms with van der Waals surface area (Å²) in [6, 6.07) is 0. The number of ether oxygens (including phenoxy) is 3. The number of carbonyl (C=O) groups excluding carboxylic acids is 3. The number of carbonyl (C=O) groups is 3. The van der Waals surface area contributed by atoms with Crippen LogP contribution in [0, 0.1) is 0 Å². The molecule has 0 aliphatic rings. The van der Waals surface area contributed by atoms with E-state index < -0.39 is 6.10 Å². The van der Waals surface area contributed by atoms with Gasteiger partial charge >= 0.3 is 17.9 Å². The Kier molecular flexibility index (Phi) is 46.4. The van der Waals surface area contributed by atoms with E-state index in [0.717, 1.165) is 83.5 Å². The highest BCUT2D eigenvalue weighted by Gasteiger charge is 2.19. The summed E-state index contributed by atoms with van der Waals surface area (Å²) in [4.78, 5) is 37.6. The molecule has 1 atom stereocenters. The van der Waals surface area contributed by atoms with Gasteiger partial charge in [-0.15, -0.1) is 0 Å². The van der Waals surface area contributed by atoms with Gasteiger partial charge in [-0.1, -0.05) is 224 Å². The Morgan fingerprint density at radius 3 is 0.949 bits per heavy atom. The maximum absolute atomic E-state index is 12.7. The van der Waals surface area contributed by atoms with E-state index >= 15 is 0 Å². The van der Waals surface area contributed by atoms with E-state index in [1.165, 1.54) is 141 Å². The minimum absolute atomic E-state index is 0.0749. The fourth-order valence-electron chi connectivity index (χ4n) is 7.27. The highest BCUT2D eigenvalue weighted by molar-refractivity contribution is 5.71. The maximum Gasteiger partial charge on any atom is 0.306 e. The average molecular weight is 829 g/mol. The molecular weight excluding hydrogens is 733 g/mol. The van der Waals surface area contributed by atoms with Gasteiger partial charge in [-0.05, 0) is 57.8 Å². The molecule has 6 heteroatoms. The van der Waals surface area contributed by atoms with Crippen molar-refractivity contribution in [3.63, 3.8) is 0 Å². The van der Waals surface area contributed by atoms with Crippen LogP contribution in [0.5, 0.6) is 0 Å². The molecule has 0 saturated heterocycles. The summed E-state index contributed by atoms with van der Waals surface area (Å²) in [5, 5.41) is 0. The topological polar surface area (TPSA) is 78.9 Å². The van der Waals surface area contributed by atoms with Gasteiger partial charge in [0.15, 0.2) is 6.10 Å². The Balaban J connectivity index is 4.16. The van der Waals surface area contributed by atoms with Crippen LogP contribution in [-0.4, -0.2) is 37.2 Å². The lowest BCUT2D eigenvalue weighted by Gasteiger charge is -2.18. The molecule has 1 unspecified atom stereocenters. The van der Waals surface area contributed by atoms with Crippen molar-refractivity contribution >= 4 is 17.9 Å².